The lowest BCUT2D eigenvalue weighted by Gasteiger charge is -2.17. The second kappa shape index (κ2) is 8.02. The molecule has 0 N–H and O–H groups in total. The van der Waals surface area contributed by atoms with Crippen LogP contribution in [-0.4, -0.2) is 31.9 Å². The van der Waals surface area contributed by atoms with Crippen molar-refractivity contribution in [2.24, 2.45) is 0 Å². The summed E-state index contributed by atoms with van der Waals surface area (Å²) in [6, 6.07) is 21.5. The maximum Gasteiger partial charge on any atom is 0.195 e. The first-order chi connectivity index (χ1) is 15.3. The van der Waals surface area contributed by atoms with Crippen molar-refractivity contribution in [2.45, 2.75) is 19.4 Å². The predicted octanol–water partition coefficient (Wildman–Crippen LogP) is 4.88. The Morgan fingerprint density at radius 1 is 0.968 bits per heavy atom. The Balaban J connectivity index is 1.54. The van der Waals surface area contributed by atoms with Crippen LogP contribution >= 0.6 is 0 Å². The van der Waals surface area contributed by atoms with E-state index in [4.69, 9.17) is 14.6 Å². The molecule has 0 radical (unpaired) electrons. The maximum atomic E-state index is 6.40. The van der Waals surface area contributed by atoms with Gasteiger partial charge in [0.15, 0.2) is 17.6 Å². The quantitative estimate of drug-likeness (QED) is 0.396. The molecule has 1 unspecified atom stereocenters. The standard InChI is InChI=1S/C24H21N5O2/c1-3-21(31-22-13-14-25-20-15-17(30-2)9-10-18(20)22)24-27-26-23-12-11-19(28-29(23)24)16-7-5-4-6-8-16/h4-15,21H,3H2,1-2H3. The molecule has 0 bridgehead atoms. The molecule has 3 aromatic heterocycles. The van der Waals surface area contributed by atoms with Gasteiger partial charge in [-0.15, -0.1) is 10.2 Å². The predicted molar refractivity (Wildman–Crippen MR) is 118 cm³/mol. The average Bonchev–Trinajstić information content (AvgIpc) is 3.26. The summed E-state index contributed by atoms with van der Waals surface area (Å²) >= 11 is 0. The Morgan fingerprint density at radius 2 is 1.84 bits per heavy atom. The van der Waals surface area contributed by atoms with Crippen molar-refractivity contribution >= 4 is 16.6 Å². The van der Waals surface area contributed by atoms with Gasteiger partial charge in [0.2, 0.25) is 0 Å². The smallest absolute Gasteiger partial charge is 0.195 e. The molecule has 3 heterocycles. The first-order valence-electron chi connectivity index (χ1n) is 10.1. The van der Waals surface area contributed by atoms with Crippen LogP contribution < -0.4 is 9.47 Å². The van der Waals surface area contributed by atoms with E-state index in [0.717, 1.165) is 33.7 Å². The van der Waals surface area contributed by atoms with Crippen LogP contribution in [0.4, 0.5) is 0 Å². The van der Waals surface area contributed by atoms with E-state index in [1.54, 1.807) is 17.8 Å². The van der Waals surface area contributed by atoms with Crippen molar-refractivity contribution in [2.75, 3.05) is 7.11 Å². The third-order valence-electron chi connectivity index (χ3n) is 5.19. The molecule has 0 amide bonds. The number of hydrogen-bond donors (Lipinski definition) is 0. The molecule has 7 heteroatoms. The molecule has 0 saturated carbocycles. The molecule has 0 aliphatic rings. The molecule has 1 atom stereocenters. The number of fused-ring (bicyclic) bond motifs is 2. The lowest BCUT2D eigenvalue weighted by atomic mass is 10.1. The van der Waals surface area contributed by atoms with Gasteiger partial charge in [0.05, 0.1) is 18.3 Å². The third-order valence-corrected chi connectivity index (χ3v) is 5.19. The van der Waals surface area contributed by atoms with E-state index in [1.807, 2.05) is 66.7 Å². The van der Waals surface area contributed by atoms with Gasteiger partial charge in [0.1, 0.15) is 11.5 Å². The molecule has 0 spiro atoms. The zero-order chi connectivity index (χ0) is 21.2. The summed E-state index contributed by atoms with van der Waals surface area (Å²) in [5.41, 5.74) is 3.38. The molecule has 154 valence electrons. The van der Waals surface area contributed by atoms with Crippen molar-refractivity contribution in [3.05, 3.63) is 78.8 Å². The average molecular weight is 411 g/mol. The Bertz CT molecular complexity index is 1350. The summed E-state index contributed by atoms with van der Waals surface area (Å²) in [6.45, 7) is 2.05. The Kier molecular flexibility index (Phi) is 4.92. The van der Waals surface area contributed by atoms with E-state index in [1.165, 1.54) is 0 Å². The highest BCUT2D eigenvalue weighted by Crippen LogP contribution is 2.31. The lowest BCUT2D eigenvalue weighted by Crippen LogP contribution is -2.12. The normalized spacial score (nSPS) is 12.2. The van der Waals surface area contributed by atoms with E-state index < -0.39 is 0 Å². The molecular formula is C24H21N5O2. The first-order valence-corrected chi connectivity index (χ1v) is 10.1. The van der Waals surface area contributed by atoms with Crippen LogP contribution in [0.2, 0.25) is 0 Å². The van der Waals surface area contributed by atoms with Gasteiger partial charge in [-0.05, 0) is 36.8 Å². The van der Waals surface area contributed by atoms with Gasteiger partial charge >= 0.3 is 0 Å². The maximum absolute atomic E-state index is 6.40. The highest BCUT2D eigenvalue weighted by molar-refractivity contribution is 5.86. The van der Waals surface area contributed by atoms with Crippen LogP contribution in [-0.2, 0) is 0 Å². The first kappa shape index (κ1) is 19.0. The highest BCUT2D eigenvalue weighted by Gasteiger charge is 2.21. The SMILES string of the molecule is CCC(Oc1ccnc2cc(OC)ccc12)c1nnc2ccc(-c3ccccc3)nn12. The van der Waals surface area contributed by atoms with Gasteiger partial charge in [-0.1, -0.05) is 37.3 Å². The fourth-order valence-corrected chi connectivity index (χ4v) is 3.57. The van der Waals surface area contributed by atoms with Gasteiger partial charge < -0.3 is 9.47 Å². The molecule has 0 fully saturated rings. The summed E-state index contributed by atoms with van der Waals surface area (Å²) < 4.78 is 13.5. The molecule has 2 aromatic carbocycles. The second-order valence-corrected chi connectivity index (χ2v) is 7.12. The summed E-state index contributed by atoms with van der Waals surface area (Å²) in [7, 11) is 1.64. The monoisotopic (exact) mass is 411 g/mol. The number of rotatable bonds is 6. The van der Waals surface area contributed by atoms with Gasteiger partial charge in [0.25, 0.3) is 0 Å². The van der Waals surface area contributed by atoms with Gasteiger partial charge in [0, 0.05) is 23.2 Å². The van der Waals surface area contributed by atoms with E-state index in [2.05, 4.69) is 22.1 Å². The minimum absolute atomic E-state index is 0.318. The van der Waals surface area contributed by atoms with Crippen LogP contribution in [0.15, 0.2) is 72.9 Å². The molecule has 0 saturated heterocycles. The van der Waals surface area contributed by atoms with Crippen molar-refractivity contribution in [1.82, 2.24) is 24.8 Å². The van der Waals surface area contributed by atoms with E-state index >= 15 is 0 Å². The largest absolute Gasteiger partial charge is 0.497 e. The zero-order valence-corrected chi connectivity index (χ0v) is 17.3. The second-order valence-electron chi connectivity index (χ2n) is 7.12. The third kappa shape index (κ3) is 3.54. The van der Waals surface area contributed by atoms with E-state index in [-0.39, 0.29) is 6.10 Å². The molecular weight excluding hydrogens is 390 g/mol. The number of nitrogens with zero attached hydrogens (tertiary/aromatic N) is 5. The van der Waals surface area contributed by atoms with Gasteiger partial charge in [-0.2, -0.15) is 9.61 Å². The van der Waals surface area contributed by atoms with Crippen LogP contribution in [0.3, 0.4) is 0 Å². The van der Waals surface area contributed by atoms with Crippen molar-refractivity contribution in [3.8, 4) is 22.8 Å². The van der Waals surface area contributed by atoms with Gasteiger partial charge in [-0.3, -0.25) is 4.98 Å². The van der Waals surface area contributed by atoms with Crippen molar-refractivity contribution in [1.29, 1.82) is 0 Å². The summed E-state index contributed by atoms with van der Waals surface area (Å²) in [6.07, 6.45) is 2.12. The molecule has 5 aromatic rings. The number of pyridine rings is 1. The number of hydrogen-bond acceptors (Lipinski definition) is 6. The zero-order valence-electron chi connectivity index (χ0n) is 17.3. The molecule has 5 rings (SSSR count). The fraction of sp³-hybridized carbons (Fsp3) is 0.167. The van der Waals surface area contributed by atoms with Crippen LogP contribution in [0.5, 0.6) is 11.5 Å². The fourth-order valence-electron chi connectivity index (χ4n) is 3.57. The Hall–Kier alpha value is -4.00. The molecule has 0 aliphatic heterocycles. The summed E-state index contributed by atoms with van der Waals surface area (Å²) in [4.78, 5) is 4.44. The number of ether oxygens (including phenoxy) is 2. The van der Waals surface area contributed by atoms with E-state index in [9.17, 15) is 0 Å². The minimum Gasteiger partial charge on any atom is -0.497 e. The highest BCUT2D eigenvalue weighted by atomic mass is 16.5. The van der Waals surface area contributed by atoms with Crippen LogP contribution in [0.25, 0.3) is 27.8 Å². The lowest BCUT2D eigenvalue weighted by molar-refractivity contribution is 0.191. The van der Waals surface area contributed by atoms with E-state index in [0.29, 0.717) is 17.9 Å². The number of aromatic nitrogens is 5. The molecule has 7 nitrogen and oxygen atoms in total. The molecule has 31 heavy (non-hydrogen) atoms. The summed E-state index contributed by atoms with van der Waals surface area (Å²) in [5.74, 6) is 2.15. The van der Waals surface area contributed by atoms with Crippen LogP contribution in [0.1, 0.15) is 25.3 Å². The van der Waals surface area contributed by atoms with Gasteiger partial charge in [-0.25, -0.2) is 0 Å². The number of methoxy groups -OCH3 is 1. The minimum atomic E-state index is -0.318. The topological polar surface area (TPSA) is 74.4 Å². The molecule has 0 aliphatic carbocycles. The van der Waals surface area contributed by atoms with Crippen LogP contribution in [0, 0.1) is 0 Å². The van der Waals surface area contributed by atoms with Crippen molar-refractivity contribution in [3.63, 3.8) is 0 Å². The Morgan fingerprint density at radius 3 is 2.65 bits per heavy atom. The Labute approximate surface area is 179 Å². The van der Waals surface area contributed by atoms with Crippen molar-refractivity contribution < 1.29 is 9.47 Å². The number of benzene rings is 2. The summed E-state index contributed by atoms with van der Waals surface area (Å²) in [5, 5.41) is 14.4.